The zero-order chi connectivity index (χ0) is 15.6. The zero-order valence-electron chi connectivity index (χ0n) is 11.5. The largest absolute Gasteiger partial charge is 0.324 e. The number of rotatable bonds is 4. The lowest BCUT2D eigenvalue weighted by Crippen LogP contribution is -2.20. The summed E-state index contributed by atoms with van der Waals surface area (Å²) in [7, 11) is 0. The van der Waals surface area contributed by atoms with E-state index in [2.05, 4.69) is 10.4 Å². The maximum Gasteiger partial charge on any atom is 0.312 e. The Labute approximate surface area is 119 Å². The highest BCUT2D eigenvalue weighted by Gasteiger charge is 2.22. The minimum absolute atomic E-state index is 0.0930. The van der Waals surface area contributed by atoms with Gasteiger partial charge < -0.3 is 5.32 Å². The summed E-state index contributed by atoms with van der Waals surface area (Å²) in [5, 5.41) is 17.4. The number of carbonyl (C=O) groups excluding carboxylic acids is 1. The molecular weight excluding hydrogens is 279 g/mol. The summed E-state index contributed by atoms with van der Waals surface area (Å²) < 4.78 is 14.0. The normalized spacial score (nSPS) is 10.4. The SMILES string of the molecule is Cc1nn(CC(=O)Nc2ccc(F)cc2)c(C)c1[N+](=O)[O-]. The van der Waals surface area contributed by atoms with Crippen LogP contribution in [0.5, 0.6) is 0 Å². The van der Waals surface area contributed by atoms with Gasteiger partial charge in [-0.3, -0.25) is 19.6 Å². The number of nitro groups is 1. The van der Waals surface area contributed by atoms with Gasteiger partial charge in [-0.2, -0.15) is 5.10 Å². The quantitative estimate of drug-likeness (QED) is 0.690. The van der Waals surface area contributed by atoms with Crippen molar-refractivity contribution in [3.63, 3.8) is 0 Å². The summed E-state index contributed by atoms with van der Waals surface area (Å²) >= 11 is 0. The predicted octanol–water partition coefficient (Wildman–Crippen LogP) is 2.19. The van der Waals surface area contributed by atoms with Gasteiger partial charge in [-0.05, 0) is 38.1 Å². The summed E-state index contributed by atoms with van der Waals surface area (Å²) in [6.07, 6.45) is 0. The second-order valence-corrected chi connectivity index (χ2v) is 4.49. The zero-order valence-corrected chi connectivity index (χ0v) is 11.5. The van der Waals surface area contributed by atoms with Crippen molar-refractivity contribution in [1.82, 2.24) is 9.78 Å². The first-order chi connectivity index (χ1) is 9.88. The van der Waals surface area contributed by atoms with Crippen molar-refractivity contribution in [2.75, 3.05) is 5.32 Å². The molecule has 0 fully saturated rings. The fraction of sp³-hybridized carbons (Fsp3) is 0.231. The number of halogens is 1. The third kappa shape index (κ3) is 3.22. The fourth-order valence-electron chi connectivity index (χ4n) is 1.98. The summed E-state index contributed by atoms with van der Waals surface area (Å²) in [5.74, 6) is -0.802. The molecule has 2 rings (SSSR count). The summed E-state index contributed by atoms with van der Waals surface area (Å²) in [6, 6.07) is 5.31. The molecule has 1 aromatic carbocycles. The highest BCUT2D eigenvalue weighted by atomic mass is 19.1. The van der Waals surface area contributed by atoms with Gasteiger partial charge in [-0.1, -0.05) is 0 Å². The van der Waals surface area contributed by atoms with Crippen LogP contribution in [0.15, 0.2) is 24.3 Å². The van der Waals surface area contributed by atoms with Gasteiger partial charge in [0.15, 0.2) is 0 Å². The summed E-state index contributed by atoms with van der Waals surface area (Å²) in [5.41, 5.74) is 0.917. The lowest BCUT2D eigenvalue weighted by Gasteiger charge is -2.06. The molecule has 0 unspecified atom stereocenters. The van der Waals surface area contributed by atoms with Crippen molar-refractivity contribution in [2.24, 2.45) is 0 Å². The highest BCUT2D eigenvalue weighted by molar-refractivity contribution is 5.90. The highest BCUT2D eigenvalue weighted by Crippen LogP contribution is 2.21. The van der Waals surface area contributed by atoms with E-state index in [1.54, 1.807) is 0 Å². The van der Waals surface area contributed by atoms with Gasteiger partial charge in [-0.25, -0.2) is 4.39 Å². The van der Waals surface area contributed by atoms with E-state index in [0.717, 1.165) is 0 Å². The number of benzene rings is 1. The first-order valence-corrected chi connectivity index (χ1v) is 6.12. The van der Waals surface area contributed by atoms with Crippen LogP contribution < -0.4 is 5.32 Å². The Morgan fingerprint density at radius 3 is 2.52 bits per heavy atom. The lowest BCUT2D eigenvalue weighted by molar-refractivity contribution is -0.386. The van der Waals surface area contributed by atoms with Crippen molar-refractivity contribution in [2.45, 2.75) is 20.4 Å². The van der Waals surface area contributed by atoms with Gasteiger partial charge in [0.1, 0.15) is 23.7 Å². The molecule has 0 saturated heterocycles. The molecule has 0 aliphatic rings. The molecule has 1 amide bonds. The van der Waals surface area contributed by atoms with Gasteiger partial charge in [0.05, 0.1) is 4.92 Å². The Morgan fingerprint density at radius 2 is 2.00 bits per heavy atom. The van der Waals surface area contributed by atoms with Crippen LogP contribution in [0.25, 0.3) is 0 Å². The Bertz CT molecular complexity index is 694. The average Bonchev–Trinajstić information content (AvgIpc) is 2.67. The summed E-state index contributed by atoms with van der Waals surface area (Å²) in [4.78, 5) is 22.2. The number of anilines is 1. The van der Waals surface area contributed by atoms with E-state index in [1.807, 2.05) is 0 Å². The van der Waals surface area contributed by atoms with E-state index in [-0.39, 0.29) is 17.9 Å². The van der Waals surface area contributed by atoms with Crippen molar-refractivity contribution in [3.05, 3.63) is 51.6 Å². The third-order valence-electron chi connectivity index (χ3n) is 2.95. The van der Waals surface area contributed by atoms with E-state index in [1.165, 1.54) is 42.8 Å². The molecule has 1 aromatic heterocycles. The van der Waals surface area contributed by atoms with Crippen LogP contribution in [0.2, 0.25) is 0 Å². The second-order valence-electron chi connectivity index (χ2n) is 4.49. The Morgan fingerprint density at radius 1 is 1.38 bits per heavy atom. The molecule has 0 aliphatic heterocycles. The predicted molar refractivity (Wildman–Crippen MR) is 73.4 cm³/mol. The molecular formula is C13H13FN4O3. The minimum atomic E-state index is -0.522. The van der Waals surface area contributed by atoms with E-state index >= 15 is 0 Å². The molecule has 0 radical (unpaired) electrons. The van der Waals surface area contributed by atoms with Gasteiger partial charge in [-0.15, -0.1) is 0 Å². The standard InChI is InChI=1S/C13H13FN4O3/c1-8-13(18(20)21)9(2)17(16-8)7-12(19)15-11-5-3-10(14)4-6-11/h3-6H,7H2,1-2H3,(H,15,19). The molecule has 1 N–H and O–H groups in total. The maximum absolute atomic E-state index is 12.8. The van der Waals surface area contributed by atoms with Crippen LogP contribution in [-0.2, 0) is 11.3 Å². The number of aromatic nitrogens is 2. The molecule has 0 spiro atoms. The Hall–Kier alpha value is -2.77. The van der Waals surface area contributed by atoms with Gasteiger partial charge >= 0.3 is 5.69 Å². The average molecular weight is 292 g/mol. The van der Waals surface area contributed by atoms with Gasteiger partial charge in [0, 0.05) is 5.69 Å². The van der Waals surface area contributed by atoms with Crippen LogP contribution in [-0.4, -0.2) is 20.6 Å². The number of hydrogen-bond donors (Lipinski definition) is 1. The van der Waals surface area contributed by atoms with Crippen molar-refractivity contribution < 1.29 is 14.1 Å². The number of nitrogens with zero attached hydrogens (tertiary/aromatic N) is 3. The van der Waals surface area contributed by atoms with Crippen LogP contribution >= 0.6 is 0 Å². The molecule has 8 heteroatoms. The molecule has 0 bridgehead atoms. The molecule has 110 valence electrons. The number of aryl methyl sites for hydroxylation is 1. The first-order valence-electron chi connectivity index (χ1n) is 6.12. The third-order valence-corrected chi connectivity index (χ3v) is 2.95. The molecule has 0 atom stereocenters. The van der Waals surface area contributed by atoms with E-state index in [4.69, 9.17) is 0 Å². The monoisotopic (exact) mass is 292 g/mol. The molecule has 7 nitrogen and oxygen atoms in total. The van der Waals surface area contributed by atoms with Crippen LogP contribution in [0.3, 0.4) is 0 Å². The molecule has 1 heterocycles. The van der Waals surface area contributed by atoms with Crippen LogP contribution in [0.1, 0.15) is 11.4 Å². The Kier molecular flexibility index (Phi) is 3.97. The van der Waals surface area contributed by atoms with E-state index in [9.17, 15) is 19.3 Å². The van der Waals surface area contributed by atoms with Crippen molar-refractivity contribution in [1.29, 1.82) is 0 Å². The van der Waals surface area contributed by atoms with Crippen LogP contribution in [0, 0.1) is 29.8 Å². The number of carbonyl (C=O) groups is 1. The van der Waals surface area contributed by atoms with Gasteiger partial charge in [0.2, 0.25) is 5.91 Å². The fourth-order valence-corrected chi connectivity index (χ4v) is 1.98. The van der Waals surface area contributed by atoms with Crippen molar-refractivity contribution in [3.8, 4) is 0 Å². The lowest BCUT2D eigenvalue weighted by atomic mass is 10.3. The topological polar surface area (TPSA) is 90.1 Å². The minimum Gasteiger partial charge on any atom is -0.324 e. The maximum atomic E-state index is 12.8. The number of hydrogen-bond acceptors (Lipinski definition) is 4. The Balaban J connectivity index is 2.11. The smallest absolute Gasteiger partial charge is 0.312 e. The second kappa shape index (κ2) is 5.70. The molecule has 2 aromatic rings. The van der Waals surface area contributed by atoms with E-state index < -0.39 is 16.6 Å². The molecule has 0 saturated carbocycles. The van der Waals surface area contributed by atoms with Crippen LogP contribution in [0.4, 0.5) is 15.8 Å². The number of amides is 1. The number of nitrogens with one attached hydrogen (secondary N) is 1. The summed E-state index contributed by atoms with van der Waals surface area (Å²) in [6.45, 7) is 2.89. The first kappa shape index (κ1) is 14.6. The van der Waals surface area contributed by atoms with Gasteiger partial charge in [0.25, 0.3) is 0 Å². The molecule has 0 aliphatic carbocycles. The van der Waals surface area contributed by atoms with E-state index in [0.29, 0.717) is 11.4 Å². The molecule has 21 heavy (non-hydrogen) atoms. The van der Waals surface area contributed by atoms with Crippen molar-refractivity contribution >= 4 is 17.3 Å².